The first kappa shape index (κ1) is 13.4. The van der Waals surface area contributed by atoms with Crippen molar-refractivity contribution in [1.82, 2.24) is 9.88 Å². The van der Waals surface area contributed by atoms with E-state index in [2.05, 4.69) is 4.98 Å². The van der Waals surface area contributed by atoms with Crippen molar-refractivity contribution in [2.75, 3.05) is 13.1 Å². The summed E-state index contributed by atoms with van der Waals surface area (Å²) in [6.07, 6.45) is 2.33. The first-order valence-corrected chi connectivity index (χ1v) is 6.98. The molecule has 3 heterocycles. The zero-order chi connectivity index (χ0) is 14.4. The van der Waals surface area contributed by atoms with Crippen LogP contribution in [0.4, 0.5) is 4.79 Å². The largest absolute Gasteiger partial charge is 0.444 e. The van der Waals surface area contributed by atoms with E-state index in [-0.39, 0.29) is 17.8 Å². The highest BCUT2D eigenvalue weighted by Gasteiger charge is 2.61. The van der Waals surface area contributed by atoms with Crippen molar-refractivity contribution in [2.45, 2.75) is 44.5 Å². The maximum atomic E-state index is 12.1. The quantitative estimate of drug-likeness (QED) is 0.739. The van der Waals surface area contributed by atoms with Crippen molar-refractivity contribution in [3.8, 4) is 0 Å². The lowest BCUT2D eigenvalue weighted by atomic mass is 9.93. The number of rotatable bonds is 1. The molecule has 3 rings (SSSR count). The molecule has 108 valence electrons. The van der Waals surface area contributed by atoms with E-state index in [9.17, 15) is 4.79 Å². The summed E-state index contributed by atoms with van der Waals surface area (Å²) < 4.78 is 11.2. The Balaban J connectivity index is 1.65. The molecule has 2 aliphatic heterocycles. The fourth-order valence-electron chi connectivity index (χ4n) is 2.68. The molecule has 1 amide bonds. The van der Waals surface area contributed by atoms with Gasteiger partial charge in [0.25, 0.3) is 0 Å². The fourth-order valence-corrected chi connectivity index (χ4v) is 2.68. The first-order valence-electron chi connectivity index (χ1n) is 6.98. The summed E-state index contributed by atoms with van der Waals surface area (Å²) in [4.78, 5) is 18.2. The van der Waals surface area contributed by atoms with Gasteiger partial charge < -0.3 is 14.4 Å². The van der Waals surface area contributed by atoms with Gasteiger partial charge in [-0.25, -0.2) is 4.79 Å². The maximum Gasteiger partial charge on any atom is 0.410 e. The second-order valence-electron chi connectivity index (χ2n) is 6.39. The number of likely N-dealkylation sites (tertiary alicyclic amines) is 1. The van der Waals surface area contributed by atoms with Gasteiger partial charge in [0.1, 0.15) is 17.3 Å². The van der Waals surface area contributed by atoms with Crippen molar-refractivity contribution in [1.29, 1.82) is 0 Å². The van der Waals surface area contributed by atoms with Crippen LogP contribution in [-0.4, -0.2) is 40.8 Å². The standard InChI is InChI=1S/C15H20N2O3/c1-14(2,3)20-13(18)17-9-7-15(12(10-17)19-15)11-6-4-5-8-16-11/h4-6,8,12H,7,9-10H2,1-3H3/t12-,15-/m0/s1. The van der Waals surface area contributed by atoms with Crippen molar-refractivity contribution in [3.05, 3.63) is 30.1 Å². The number of nitrogens with zero attached hydrogens (tertiary/aromatic N) is 2. The number of piperidine rings is 1. The van der Waals surface area contributed by atoms with Gasteiger partial charge in [-0.2, -0.15) is 0 Å². The number of carbonyl (C=O) groups excluding carboxylic acids is 1. The van der Waals surface area contributed by atoms with Crippen molar-refractivity contribution < 1.29 is 14.3 Å². The Labute approximate surface area is 118 Å². The number of hydrogen-bond acceptors (Lipinski definition) is 4. The Morgan fingerprint density at radius 2 is 2.30 bits per heavy atom. The first-order chi connectivity index (χ1) is 9.41. The zero-order valence-corrected chi connectivity index (χ0v) is 12.1. The van der Waals surface area contributed by atoms with Crippen LogP contribution in [-0.2, 0) is 15.1 Å². The molecular weight excluding hydrogens is 256 g/mol. The van der Waals surface area contributed by atoms with Gasteiger partial charge in [-0.15, -0.1) is 0 Å². The van der Waals surface area contributed by atoms with Crippen LogP contribution in [0.2, 0.25) is 0 Å². The SMILES string of the molecule is CC(C)(C)OC(=O)N1CC[C@@]2(c3ccccn3)O[C@H]2C1. The highest BCUT2D eigenvalue weighted by Crippen LogP contribution is 2.51. The summed E-state index contributed by atoms with van der Waals surface area (Å²) in [5, 5.41) is 0. The topological polar surface area (TPSA) is 55.0 Å². The lowest BCUT2D eigenvalue weighted by molar-refractivity contribution is 0.0217. The molecule has 2 saturated heterocycles. The Morgan fingerprint density at radius 1 is 1.50 bits per heavy atom. The van der Waals surface area contributed by atoms with E-state index in [1.165, 1.54) is 0 Å². The summed E-state index contributed by atoms with van der Waals surface area (Å²) in [6.45, 7) is 6.84. The van der Waals surface area contributed by atoms with E-state index >= 15 is 0 Å². The average Bonchev–Trinajstić information content (AvgIpc) is 3.12. The highest BCUT2D eigenvalue weighted by atomic mass is 16.6. The van der Waals surface area contributed by atoms with Crippen LogP contribution >= 0.6 is 0 Å². The predicted octanol–water partition coefficient (Wildman–Crippen LogP) is 2.32. The minimum absolute atomic E-state index is 0.0404. The number of amides is 1. The number of hydrogen-bond donors (Lipinski definition) is 0. The van der Waals surface area contributed by atoms with E-state index in [0.717, 1.165) is 12.1 Å². The number of fused-ring (bicyclic) bond motifs is 1. The number of carbonyl (C=O) groups is 1. The molecule has 1 aromatic heterocycles. The Morgan fingerprint density at radius 3 is 2.90 bits per heavy atom. The van der Waals surface area contributed by atoms with E-state index in [1.807, 2.05) is 39.0 Å². The van der Waals surface area contributed by atoms with Gasteiger partial charge in [0.15, 0.2) is 0 Å². The molecule has 0 aliphatic carbocycles. The second kappa shape index (κ2) is 4.45. The molecule has 0 saturated carbocycles. The maximum absolute atomic E-state index is 12.1. The zero-order valence-electron chi connectivity index (χ0n) is 12.1. The van der Waals surface area contributed by atoms with Gasteiger partial charge in [-0.3, -0.25) is 4.98 Å². The minimum atomic E-state index is -0.461. The van der Waals surface area contributed by atoms with Crippen LogP contribution in [0.5, 0.6) is 0 Å². The van der Waals surface area contributed by atoms with Crippen LogP contribution < -0.4 is 0 Å². The third-order valence-corrected chi connectivity index (χ3v) is 3.70. The van der Waals surface area contributed by atoms with E-state index in [0.29, 0.717) is 13.1 Å². The number of ether oxygens (including phenoxy) is 2. The van der Waals surface area contributed by atoms with Gasteiger partial charge >= 0.3 is 6.09 Å². The lowest BCUT2D eigenvalue weighted by Gasteiger charge is -2.30. The summed E-state index contributed by atoms with van der Waals surface area (Å²) in [7, 11) is 0. The highest BCUT2D eigenvalue weighted by molar-refractivity contribution is 5.68. The van der Waals surface area contributed by atoms with Crippen LogP contribution in [0.15, 0.2) is 24.4 Å². The van der Waals surface area contributed by atoms with Gasteiger partial charge in [-0.05, 0) is 32.9 Å². The smallest absolute Gasteiger partial charge is 0.410 e. The number of epoxide rings is 1. The lowest BCUT2D eigenvalue weighted by Crippen LogP contribution is -2.44. The van der Waals surface area contributed by atoms with Crippen LogP contribution in [0.3, 0.4) is 0 Å². The second-order valence-corrected chi connectivity index (χ2v) is 6.39. The molecule has 0 unspecified atom stereocenters. The van der Waals surface area contributed by atoms with Crippen molar-refractivity contribution >= 4 is 6.09 Å². The molecule has 2 aliphatic rings. The average molecular weight is 276 g/mol. The van der Waals surface area contributed by atoms with E-state index in [4.69, 9.17) is 9.47 Å². The molecule has 0 aromatic carbocycles. The normalized spacial score (nSPS) is 28.8. The van der Waals surface area contributed by atoms with Crippen molar-refractivity contribution in [3.63, 3.8) is 0 Å². The monoisotopic (exact) mass is 276 g/mol. The molecule has 2 fully saturated rings. The predicted molar refractivity (Wildman–Crippen MR) is 73.2 cm³/mol. The van der Waals surface area contributed by atoms with Crippen LogP contribution in [0.1, 0.15) is 32.9 Å². The molecule has 20 heavy (non-hydrogen) atoms. The molecule has 5 nitrogen and oxygen atoms in total. The fraction of sp³-hybridized carbons (Fsp3) is 0.600. The Bertz CT molecular complexity index is 512. The molecular formula is C15H20N2O3. The Hall–Kier alpha value is -1.62. The van der Waals surface area contributed by atoms with E-state index in [1.54, 1.807) is 11.1 Å². The van der Waals surface area contributed by atoms with Gasteiger partial charge in [-0.1, -0.05) is 6.07 Å². The summed E-state index contributed by atoms with van der Waals surface area (Å²) in [6, 6.07) is 5.85. The van der Waals surface area contributed by atoms with Crippen LogP contribution in [0.25, 0.3) is 0 Å². The van der Waals surface area contributed by atoms with Crippen LogP contribution in [0, 0.1) is 0 Å². The molecule has 0 N–H and O–H groups in total. The summed E-state index contributed by atoms with van der Waals surface area (Å²) in [5.41, 5.74) is 0.227. The molecule has 1 aromatic rings. The third-order valence-electron chi connectivity index (χ3n) is 3.70. The molecule has 0 radical (unpaired) electrons. The van der Waals surface area contributed by atoms with Gasteiger partial charge in [0.2, 0.25) is 0 Å². The minimum Gasteiger partial charge on any atom is -0.444 e. The molecule has 0 bridgehead atoms. The molecule has 2 atom stereocenters. The number of pyridine rings is 1. The Kier molecular flexibility index (Phi) is 2.97. The van der Waals surface area contributed by atoms with Gasteiger partial charge in [0.05, 0.1) is 12.2 Å². The van der Waals surface area contributed by atoms with Crippen molar-refractivity contribution in [2.24, 2.45) is 0 Å². The van der Waals surface area contributed by atoms with E-state index < -0.39 is 5.60 Å². The molecule has 5 heteroatoms. The van der Waals surface area contributed by atoms with Gasteiger partial charge in [0, 0.05) is 19.2 Å². The number of aromatic nitrogens is 1. The molecule has 0 spiro atoms. The summed E-state index contributed by atoms with van der Waals surface area (Å²) in [5.74, 6) is 0. The summed E-state index contributed by atoms with van der Waals surface area (Å²) >= 11 is 0. The third kappa shape index (κ3) is 2.38.